The highest BCUT2D eigenvalue weighted by Gasteiger charge is 2.32. The van der Waals surface area contributed by atoms with Crippen molar-refractivity contribution in [2.45, 2.75) is 19.4 Å². The number of hydrogen-bond acceptors (Lipinski definition) is 1. The number of nitrogens with zero attached hydrogens (tertiary/aromatic N) is 1. The minimum atomic E-state index is 0.102. The fourth-order valence-corrected chi connectivity index (χ4v) is 2.86. The van der Waals surface area contributed by atoms with Crippen molar-refractivity contribution in [3.05, 3.63) is 34.9 Å². The Labute approximate surface area is 115 Å². The van der Waals surface area contributed by atoms with Crippen molar-refractivity contribution in [1.82, 2.24) is 4.90 Å². The largest absolute Gasteiger partial charge is 0.336 e. The van der Waals surface area contributed by atoms with Gasteiger partial charge in [-0.15, -0.1) is 0 Å². The van der Waals surface area contributed by atoms with Crippen molar-refractivity contribution in [2.75, 3.05) is 11.9 Å². The Hall–Kier alpha value is -0.540. The van der Waals surface area contributed by atoms with E-state index in [4.69, 9.17) is 11.6 Å². The van der Waals surface area contributed by atoms with Crippen molar-refractivity contribution in [1.29, 1.82) is 0 Å². The monoisotopic (exact) mass is 315 g/mol. The van der Waals surface area contributed by atoms with E-state index in [1.54, 1.807) is 0 Å². The number of halogens is 2. The molecule has 0 radical (unpaired) electrons. The molecule has 2 rings (SSSR count). The summed E-state index contributed by atoms with van der Waals surface area (Å²) in [5, 5.41) is 1.61. The molecule has 2 unspecified atom stereocenters. The van der Waals surface area contributed by atoms with Crippen molar-refractivity contribution in [3.63, 3.8) is 0 Å². The van der Waals surface area contributed by atoms with Gasteiger partial charge in [0.1, 0.15) is 0 Å². The highest BCUT2D eigenvalue weighted by molar-refractivity contribution is 9.09. The summed E-state index contributed by atoms with van der Waals surface area (Å²) in [4.78, 5) is 13.9. The third-order valence-corrected chi connectivity index (χ3v) is 4.41. The lowest BCUT2D eigenvalue weighted by molar-refractivity contribution is -0.129. The second-order valence-corrected chi connectivity index (χ2v) is 5.59. The molecule has 0 bridgehead atoms. The van der Waals surface area contributed by atoms with Gasteiger partial charge >= 0.3 is 0 Å². The van der Waals surface area contributed by atoms with Crippen LogP contribution in [0.4, 0.5) is 0 Å². The Morgan fingerprint density at radius 2 is 2.35 bits per heavy atom. The maximum absolute atomic E-state index is 11.9. The zero-order chi connectivity index (χ0) is 12.4. The lowest BCUT2D eigenvalue weighted by Crippen LogP contribution is -2.28. The summed E-state index contributed by atoms with van der Waals surface area (Å²) >= 11 is 9.43. The van der Waals surface area contributed by atoms with Crippen LogP contribution in [0.5, 0.6) is 0 Å². The van der Waals surface area contributed by atoms with E-state index in [0.29, 0.717) is 12.3 Å². The fourth-order valence-electron chi connectivity index (χ4n) is 2.23. The molecular formula is C13H15BrClNO. The molecule has 1 aliphatic rings. The van der Waals surface area contributed by atoms with E-state index in [9.17, 15) is 4.79 Å². The summed E-state index contributed by atoms with van der Waals surface area (Å²) in [6.45, 7) is 2.89. The molecule has 92 valence electrons. The first-order chi connectivity index (χ1) is 8.11. The molecule has 0 aliphatic carbocycles. The van der Waals surface area contributed by atoms with Gasteiger partial charge in [0.05, 0.1) is 6.04 Å². The van der Waals surface area contributed by atoms with Crippen LogP contribution < -0.4 is 0 Å². The standard InChI is InChI=1S/C13H15BrClNO/c1-9(11-3-2-4-12(15)6-11)16-8-10(7-14)5-13(16)17/h2-4,6,9-10H,5,7-8H2,1H3. The van der Waals surface area contributed by atoms with Gasteiger partial charge in [0.2, 0.25) is 5.91 Å². The van der Waals surface area contributed by atoms with Crippen molar-refractivity contribution in [3.8, 4) is 0 Å². The number of benzene rings is 1. The third kappa shape index (κ3) is 2.83. The first-order valence-electron chi connectivity index (χ1n) is 5.72. The molecule has 2 atom stereocenters. The minimum absolute atomic E-state index is 0.102. The van der Waals surface area contributed by atoms with E-state index < -0.39 is 0 Å². The van der Waals surface area contributed by atoms with Crippen LogP contribution in [0, 0.1) is 5.92 Å². The smallest absolute Gasteiger partial charge is 0.223 e. The van der Waals surface area contributed by atoms with Crippen LogP contribution in [0.15, 0.2) is 24.3 Å². The predicted molar refractivity (Wildman–Crippen MR) is 73.5 cm³/mol. The summed E-state index contributed by atoms with van der Waals surface area (Å²) < 4.78 is 0. The van der Waals surface area contributed by atoms with Crippen molar-refractivity contribution < 1.29 is 4.79 Å². The first-order valence-corrected chi connectivity index (χ1v) is 7.22. The Morgan fingerprint density at radius 3 is 2.94 bits per heavy atom. The highest BCUT2D eigenvalue weighted by atomic mass is 79.9. The second kappa shape index (κ2) is 5.40. The van der Waals surface area contributed by atoms with E-state index in [0.717, 1.165) is 22.5 Å². The topological polar surface area (TPSA) is 20.3 Å². The molecule has 1 aliphatic heterocycles. The average Bonchev–Trinajstić information content (AvgIpc) is 2.69. The van der Waals surface area contributed by atoms with Crippen LogP contribution in [0.25, 0.3) is 0 Å². The van der Waals surface area contributed by atoms with Crippen LogP contribution in [0.2, 0.25) is 5.02 Å². The molecule has 1 fully saturated rings. The first kappa shape index (κ1) is 12.9. The Kier molecular flexibility index (Phi) is 4.10. The van der Waals surface area contributed by atoms with Gasteiger partial charge in [0.15, 0.2) is 0 Å². The van der Waals surface area contributed by atoms with Crippen molar-refractivity contribution in [2.24, 2.45) is 5.92 Å². The number of rotatable bonds is 3. The van der Waals surface area contributed by atoms with E-state index in [2.05, 4.69) is 22.9 Å². The zero-order valence-corrected chi connectivity index (χ0v) is 12.0. The predicted octanol–water partition coefficient (Wildman–Crippen LogP) is 3.64. The molecule has 0 aromatic heterocycles. The summed E-state index contributed by atoms with van der Waals surface area (Å²) in [7, 11) is 0. The normalized spacial score (nSPS) is 21.9. The molecule has 2 nitrogen and oxygen atoms in total. The number of amides is 1. The molecule has 17 heavy (non-hydrogen) atoms. The number of carbonyl (C=O) groups is 1. The summed E-state index contributed by atoms with van der Waals surface area (Å²) in [6, 6.07) is 7.83. The quantitative estimate of drug-likeness (QED) is 0.780. The van der Waals surface area contributed by atoms with Gasteiger partial charge < -0.3 is 4.90 Å². The van der Waals surface area contributed by atoms with E-state index in [1.807, 2.05) is 29.2 Å². The van der Waals surface area contributed by atoms with E-state index in [1.165, 1.54) is 0 Å². The van der Waals surface area contributed by atoms with Crippen molar-refractivity contribution >= 4 is 33.4 Å². The van der Waals surface area contributed by atoms with Crippen LogP contribution >= 0.6 is 27.5 Å². The average molecular weight is 317 g/mol. The molecule has 1 aromatic carbocycles. The molecule has 1 aromatic rings. The molecule has 4 heteroatoms. The number of hydrogen-bond donors (Lipinski definition) is 0. The SMILES string of the molecule is CC(c1cccc(Cl)c1)N1CC(CBr)CC1=O. The lowest BCUT2D eigenvalue weighted by Gasteiger charge is -2.25. The molecule has 1 amide bonds. The Bertz CT molecular complexity index is 424. The number of alkyl halides is 1. The molecule has 1 heterocycles. The Balaban J connectivity index is 2.15. The molecule has 0 N–H and O–H groups in total. The number of likely N-dealkylation sites (tertiary alicyclic amines) is 1. The summed E-state index contributed by atoms with van der Waals surface area (Å²) in [5.74, 6) is 0.672. The van der Waals surface area contributed by atoms with Crippen LogP contribution in [0.1, 0.15) is 24.9 Å². The van der Waals surface area contributed by atoms with Gasteiger partial charge in [0, 0.05) is 23.3 Å². The van der Waals surface area contributed by atoms with Gasteiger partial charge in [0.25, 0.3) is 0 Å². The molecule has 1 saturated heterocycles. The lowest BCUT2D eigenvalue weighted by atomic mass is 10.1. The minimum Gasteiger partial charge on any atom is -0.336 e. The van der Waals surface area contributed by atoms with E-state index >= 15 is 0 Å². The summed E-state index contributed by atoms with van der Waals surface area (Å²) in [5.41, 5.74) is 1.10. The zero-order valence-electron chi connectivity index (χ0n) is 9.70. The van der Waals surface area contributed by atoms with Crippen LogP contribution in [0.3, 0.4) is 0 Å². The highest BCUT2D eigenvalue weighted by Crippen LogP contribution is 2.30. The van der Waals surface area contributed by atoms with Gasteiger partial charge in [-0.1, -0.05) is 39.7 Å². The summed E-state index contributed by atoms with van der Waals surface area (Å²) in [6.07, 6.45) is 0.649. The van der Waals surface area contributed by atoms with Crippen LogP contribution in [-0.2, 0) is 4.79 Å². The van der Waals surface area contributed by atoms with E-state index in [-0.39, 0.29) is 11.9 Å². The molecule has 0 saturated carbocycles. The second-order valence-electron chi connectivity index (χ2n) is 4.50. The molecule has 0 spiro atoms. The van der Waals surface area contributed by atoms with Gasteiger partial charge in [-0.25, -0.2) is 0 Å². The Morgan fingerprint density at radius 1 is 1.59 bits per heavy atom. The van der Waals surface area contributed by atoms with Gasteiger partial charge in [-0.3, -0.25) is 4.79 Å². The third-order valence-electron chi connectivity index (χ3n) is 3.26. The molecular weight excluding hydrogens is 302 g/mol. The maximum atomic E-state index is 11.9. The maximum Gasteiger partial charge on any atom is 0.223 e. The van der Waals surface area contributed by atoms with Gasteiger partial charge in [-0.05, 0) is 30.5 Å². The van der Waals surface area contributed by atoms with Crippen LogP contribution in [-0.4, -0.2) is 22.7 Å². The number of carbonyl (C=O) groups excluding carboxylic acids is 1. The fraction of sp³-hybridized carbons (Fsp3) is 0.462. The van der Waals surface area contributed by atoms with Gasteiger partial charge in [-0.2, -0.15) is 0 Å².